The van der Waals surface area contributed by atoms with Crippen molar-refractivity contribution in [2.75, 3.05) is 0 Å². The Morgan fingerprint density at radius 2 is 2.44 bits per heavy atom. The molecule has 0 saturated heterocycles. The fraction of sp³-hybridized carbons (Fsp3) is 0.100. The molecule has 0 amide bonds. The first-order chi connectivity index (χ1) is 10.3. The van der Waals surface area contributed by atoms with Gasteiger partial charge in [-0.1, -0.05) is 6.07 Å². The molecule has 8 heteroatoms. The first-order valence-corrected chi connectivity index (χ1v) is 4.52. The van der Waals surface area contributed by atoms with Crippen LogP contribution >= 0.6 is 0 Å². The Bertz CT molecular complexity index is 922. The van der Waals surface area contributed by atoms with E-state index in [-0.39, 0.29) is 74.0 Å². The Labute approximate surface area is 151 Å². The van der Waals surface area contributed by atoms with Crippen LogP contribution in [0.3, 0.4) is 0 Å². The molecule has 0 radical (unpaired) electrons. The molecule has 3 aromatic heterocycles. The SMILES string of the molecule is [2H]c1cc(C([2H])([2H])[2H])c2ncc(-c3nnn[n-]3)c(=O)n2c1[2H].[K+]. The van der Waals surface area contributed by atoms with Gasteiger partial charge in [-0.2, -0.15) is 5.21 Å². The number of tetrazole rings is 1. The summed E-state index contributed by atoms with van der Waals surface area (Å²) in [7, 11) is 0. The van der Waals surface area contributed by atoms with Crippen molar-refractivity contribution in [1.29, 1.82) is 0 Å². The van der Waals surface area contributed by atoms with Crippen LogP contribution in [0.1, 0.15) is 12.4 Å². The summed E-state index contributed by atoms with van der Waals surface area (Å²) < 4.78 is 38.7. The van der Waals surface area contributed by atoms with E-state index >= 15 is 0 Å². The Morgan fingerprint density at radius 3 is 3.17 bits per heavy atom. The molecule has 3 rings (SSSR count). The van der Waals surface area contributed by atoms with Gasteiger partial charge in [-0.25, -0.2) is 4.98 Å². The van der Waals surface area contributed by atoms with Crippen molar-refractivity contribution in [2.45, 2.75) is 6.85 Å². The van der Waals surface area contributed by atoms with Crippen LogP contribution < -0.4 is 62.0 Å². The van der Waals surface area contributed by atoms with Gasteiger partial charge in [0.15, 0.2) is 0 Å². The predicted octanol–water partition coefficient (Wildman–Crippen LogP) is -3.18. The third kappa shape index (κ3) is 2.17. The molecule has 0 unspecified atom stereocenters. The fourth-order valence-electron chi connectivity index (χ4n) is 1.39. The second kappa shape index (κ2) is 5.37. The smallest absolute Gasteiger partial charge is 0.330 e. The van der Waals surface area contributed by atoms with Gasteiger partial charge in [-0.05, 0) is 18.5 Å². The van der Waals surface area contributed by atoms with Gasteiger partial charge in [0.2, 0.25) is 0 Å². The van der Waals surface area contributed by atoms with Crippen molar-refractivity contribution >= 4 is 5.65 Å². The summed E-state index contributed by atoms with van der Waals surface area (Å²) in [5.74, 6) is -0.0860. The van der Waals surface area contributed by atoms with Crippen LogP contribution in [0.5, 0.6) is 0 Å². The monoisotopic (exact) mass is 271 g/mol. The first kappa shape index (κ1) is 8.28. The molecule has 0 aromatic carbocycles. The van der Waals surface area contributed by atoms with E-state index in [0.717, 1.165) is 16.7 Å². The number of hydrogen-bond donors (Lipinski definition) is 0. The number of rotatable bonds is 1. The maximum absolute atomic E-state index is 12.5. The van der Waals surface area contributed by atoms with Gasteiger partial charge in [0.25, 0.3) is 5.56 Å². The average molecular weight is 271 g/mol. The van der Waals surface area contributed by atoms with Gasteiger partial charge in [-0.3, -0.25) is 19.5 Å². The number of nitrogens with zero attached hydrogens (tertiary/aromatic N) is 6. The number of aryl methyl sites for hydroxylation is 1. The topological polar surface area (TPSA) is 87.1 Å². The molecule has 7 nitrogen and oxygen atoms in total. The fourth-order valence-corrected chi connectivity index (χ4v) is 1.39. The summed E-state index contributed by atoms with van der Waals surface area (Å²) in [5, 5.41) is 13.6. The molecule has 0 fully saturated rings. The molecule has 0 bridgehead atoms. The van der Waals surface area contributed by atoms with E-state index < -0.39 is 24.6 Å². The van der Waals surface area contributed by atoms with Crippen LogP contribution in [0.2, 0.25) is 0 Å². The zero-order valence-corrected chi connectivity index (χ0v) is 12.4. The minimum absolute atomic E-state index is 0. The van der Waals surface area contributed by atoms with E-state index in [4.69, 9.17) is 6.85 Å². The average Bonchev–Trinajstić information content (AvgIpc) is 2.95. The van der Waals surface area contributed by atoms with Crippen LogP contribution in [0.15, 0.2) is 29.3 Å². The standard InChI is InChI=1S/C10H7N6O.K/c1-6-3-2-4-16-9(6)11-5-7(10(16)17)8-12-14-15-13-8;/h2-5H,1H3;/q-1;+1/i1D3,2D,4D;. The largest absolute Gasteiger partial charge is 1.00 e. The molecule has 0 spiro atoms. The molecular formula is C10H7KN6O. The Kier molecular flexibility index (Phi) is 2.47. The molecule has 0 N–H and O–H groups in total. The predicted molar refractivity (Wildman–Crippen MR) is 58.3 cm³/mol. The van der Waals surface area contributed by atoms with Crippen LogP contribution in [0, 0.1) is 6.85 Å². The molecule has 3 aromatic rings. The van der Waals surface area contributed by atoms with E-state index in [9.17, 15) is 4.79 Å². The van der Waals surface area contributed by atoms with Gasteiger partial charge in [-0.15, -0.1) is 0 Å². The molecule has 0 atom stereocenters. The van der Waals surface area contributed by atoms with Crippen LogP contribution in [0.25, 0.3) is 17.0 Å². The Hall–Kier alpha value is -0.934. The third-order valence-corrected chi connectivity index (χ3v) is 2.15. The van der Waals surface area contributed by atoms with Crippen molar-refractivity contribution in [1.82, 2.24) is 30.0 Å². The number of fused-ring (bicyclic) bond motifs is 1. The van der Waals surface area contributed by atoms with E-state index in [1.54, 1.807) is 0 Å². The second-order valence-electron chi connectivity index (χ2n) is 3.15. The molecule has 0 saturated carbocycles. The minimum atomic E-state index is -2.57. The summed E-state index contributed by atoms with van der Waals surface area (Å²) in [4.78, 5) is 16.4. The Balaban J connectivity index is 0.00000192. The normalized spacial score (nSPS) is 15.0. The maximum Gasteiger partial charge on any atom is 1.00 e. The zero-order chi connectivity index (χ0) is 16.1. The minimum Gasteiger partial charge on any atom is -0.330 e. The summed E-state index contributed by atoms with van der Waals surface area (Å²) >= 11 is 0. The maximum atomic E-state index is 12.5. The zero-order valence-electron chi connectivity index (χ0n) is 14.2. The van der Waals surface area contributed by atoms with E-state index in [1.807, 2.05) is 0 Å². The summed E-state index contributed by atoms with van der Waals surface area (Å²) in [6, 6.07) is 0.609. The van der Waals surface area contributed by atoms with Crippen molar-refractivity contribution in [2.24, 2.45) is 0 Å². The van der Waals surface area contributed by atoms with Crippen molar-refractivity contribution in [3.63, 3.8) is 0 Å². The number of pyridine rings is 1. The molecule has 3 heterocycles. The van der Waals surface area contributed by atoms with Gasteiger partial charge in [0, 0.05) is 22.3 Å². The van der Waals surface area contributed by atoms with Gasteiger partial charge >= 0.3 is 51.4 Å². The molecule has 18 heavy (non-hydrogen) atoms. The van der Waals surface area contributed by atoms with Crippen molar-refractivity contribution < 1.29 is 58.2 Å². The van der Waals surface area contributed by atoms with Gasteiger partial charge in [0.05, 0.1) is 8.30 Å². The number of hydrogen-bond acceptors (Lipinski definition) is 5. The third-order valence-electron chi connectivity index (χ3n) is 2.15. The van der Waals surface area contributed by atoms with Gasteiger partial charge in [0.1, 0.15) is 5.65 Å². The summed E-state index contributed by atoms with van der Waals surface area (Å²) in [5.41, 5.74) is -1.33. The van der Waals surface area contributed by atoms with E-state index in [2.05, 4.69) is 25.6 Å². The number of aromatic nitrogens is 6. The van der Waals surface area contributed by atoms with E-state index in [1.165, 1.54) is 0 Å². The molecule has 84 valence electrons. The van der Waals surface area contributed by atoms with Gasteiger partial charge < -0.3 is 5.10 Å². The van der Waals surface area contributed by atoms with Crippen LogP contribution in [-0.4, -0.2) is 24.9 Å². The van der Waals surface area contributed by atoms with Crippen LogP contribution in [0.4, 0.5) is 0 Å². The Morgan fingerprint density at radius 1 is 1.56 bits per heavy atom. The first-order valence-electron chi connectivity index (χ1n) is 7.02. The van der Waals surface area contributed by atoms with E-state index in [0.29, 0.717) is 0 Å². The molecular weight excluding hydrogens is 259 g/mol. The van der Waals surface area contributed by atoms with Crippen molar-refractivity contribution in [3.8, 4) is 11.4 Å². The summed E-state index contributed by atoms with van der Waals surface area (Å²) in [6.45, 7) is -2.57. The molecule has 0 aliphatic heterocycles. The molecule has 0 aliphatic rings. The summed E-state index contributed by atoms with van der Waals surface area (Å²) in [6.07, 6.45) is 0.629. The quantitative estimate of drug-likeness (QED) is 0.434. The molecule has 0 aliphatic carbocycles. The van der Waals surface area contributed by atoms with Crippen molar-refractivity contribution in [3.05, 3.63) is 40.4 Å². The van der Waals surface area contributed by atoms with Crippen LogP contribution in [-0.2, 0) is 0 Å². The second-order valence-corrected chi connectivity index (χ2v) is 3.15.